The van der Waals surface area contributed by atoms with Crippen molar-refractivity contribution in [2.45, 2.75) is 20.5 Å². The van der Waals surface area contributed by atoms with Gasteiger partial charge in [-0.3, -0.25) is 5.32 Å². The van der Waals surface area contributed by atoms with Crippen LogP contribution in [0.4, 0.5) is 4.79 Å². The Morgan fingerprint density at radius 2 is 1.76 bits per heavy atom. The average molecular weight is 339 g/mol. The summed E-state index contributed by atoms with van der Waals surface area (Å²) in [4.78, 5) is 23.9. The second kappa shape index (κ2) is 8.68. The molecular weight excluding hydrogens is 318 g/mol. The number of amides is 1. The monoisotopic (exact) mass is 339 g/mol. The lowest BCUT2D eigenvalue weighted by molar-refractivity contribution is -0.136. The van der Waals surface area contributed by atoms with Gasteiger partial charge in [-0.1, -0.05) is 48.5 Å². The predicted molar refractivity (Wildman–Crippen MR) is 95.7 cm³/mol. The molecule has 0 spiro atoms. The number of ether oxygens (including phenoxy) is 2. The average Bonchev–Trinajstić information content (AvgIpc) is 2.62. The Hall–Kier alpha value is -3.08. The van der Waals surface area contributed by atoms with Gasteiger partial charge in [-0.05, 0) is 42.2 Å². The number of aryl methyl sites for hydroxylation is 2. The molecule has 0 unspecified atom stereocenters. The molecule has 2 rings (SSSR count). The molecule has 0 heterocycles. The molecule has 0 radical (unpaired) electrons. The first-order valence-electron chi connectivity index (χ1n) is 7.84. The number of carbonyl (C=O) groups excluding carboxylic acids is 2. The molecule has 0 saturated carbocycles. The molecule has 0 fully saturated rings. The van der Waals surface area contributed by atoms with Crippen molar-refractivity contribution in [1.29, 1.82) is 0 Å². The Morgan fingerprint density at radius 1 is 1.04 bits per heavy atom. The lowest BCUT2D eigenvalue weighted by Gasteiger charge is -2.10. The molecule has 0 aliphatic carbocycles. The van der Waals surface area contributed by atoms with E-state index in [-0.39, 0.29) is 12.3 Å². The third kappa shape index (κ3) is 5.49. The highest BCUT2D eigenvalue weighted by atomic mass is 16.6. The van der Waals surface area contributed by atoms with E-state index in [4.69, 9.17) is 9.47 Å². The lowest BCUT2D eigenvalue weighted by Crippen LogP contribution is -2.28. The van der Waals surface area contributed by atoms with Crippen LogP contribution in [-0.4, -0.2) is 19.2 Å². The molecule has 1 amide bonds. The smallest absolute Gasteiger partial charge is 0.412 e. The molecule has 25 heavy (non-hydrogen) atoms. The highest BCUT2D eigenvalue weighted by Crippen LogP contribution is 2.13. The zero-order valence-electron chi connectivity index (χ0n) is 14.5. The number of hydrogen-bond donors (Lipinski definition) is 1. The molecule has 0 aliphatic heterocycles. The van der Waals surface area contributed by atoms with Crippen molar-refractivity contribution < 1.29 is 19.1 Å². The van der Waals surface area contributed by atoms with Gasteiger partial charge in [0, 0.05) is 0 Å². The van der Waals surface area contributed by atoms with Crippen LogP contribution in [0.3, 0.4) is 0 Å². The van der Waals surface area contributed by atoms with Gasteiger partial charge in [0.2, 0.25) is 0 Å². The van der Waals surface area contributed by atoms with Crippen molar-refractivity contribution in [2.24, 2.45) is 0 Å². The van der Waals surface area contributed by atoms with E-state index in [9.17, 15) is 9.59 Å². The van der Waals surface area contributed by atoms with Crippen LogP contribution >= 0.6 is 0 Å². The van der Waals surface area contributed by atoms with Crippen LogP contribution < -0.4 is 5.32 Å². The summed E-state index contributed by atoms with van der Waals surface area (Å²) in [7, 11) is 1.26. The van der Waals surface area contributed by atoms with E-state index in [0.29, 0.717) is 0 Å². The van der Waals surface area contributed by atoms with Crippen LogP contribution in [0, 0.1) is 13.8 Å². The van der Waals surface area contributed by atoms with Crippen LogP contribution in [0.15, 0.2) is 54.2 Å². The molecule has 1 N–H and O–H groups in total. The maximum absolute atomic E-state index is 12.0. The minimum atomic E-state index is -0.718. The van der Waals surface area contributed by atoms with Crippen LogP contribution in [-0.2, 0) is 20.9 Å². The van der Waals surface area contributed by atoms with Gasteiger partial charge >= 0.3 is 12.1 Å². The molecule has 2 aromatic carbocycles. The van der Waals surface area contributed by atoms with Crippen molar-refractivity contribution >= 4 is 18.1 Å². The Balaban J connectivity index is 2.09. The van der Waals surface area contributed by atoms with Gasteiger partial charge in [-0.25, -0.2) is 9.59 Å². The van der Waals surface area contributed by atoms with Crippen LogP contribution in [0.1, 0.15) is 22.3 Å². The summed E-state index contributed by atoms with van der Waals surface area (Å²) >= 11 is 0. The van der Waals surface area contributed by atoms with E-state index in [1.54, 1.807) is 6.08 Å². The molecule has 0 atom stereocenters. The second-order valence-corrected chi connectivity index (χ2v) is 5.58. The largest absolute Gasteiger partial charge is 0.464 e. The third-order valence-corrected chi connectivity index (χ3v) is 3.70. The molecule has 0 bridgehead atoms. The highest BCUT2D eigenvalue weighted by molar-refractivity contribution is 5.96. The number of alkyl carbamates (subject to hydrolysis) is 1. The van der Waals surface area contributed by atoms with Crippen LogP contribution in [0.25, 0.3) is 6.08 Å². The van der Waals surface area contributed by atoms with Gasteiger partial charge in [0.25, 0.3) is 0 Å². The zero-order chi connectivity index (χ0) is 18.2. The Labute approximate surface area is 147 Å². The first kappa shape index (κ1) is 18.3. The number of hydrogen-bond acceptors (Lipinski definition) is 4. The topological polar surface area (TPSA) is 64.6 Å². The maximum atomic E-state index is 12.0. The van der Waals surface area contributed by atoms with Crippen molar-refractivity contribution in [3.63, 3.8) is 0 Å². The van der Waals surface area contributed by atoms with Gasteiger partial charge in [-0.2, -0.15) is 0 Å². The van der Waals surface area contributed by atoms with E-state index in [1.165, 1.54) is 7.11 Å². The quantitative estimate of drug-likeness (QED) is 0.666. The molecule has 5 nitrogen and oxygen atoms in total. The van der Waals surface area contributed by atoms with Crippen molar-refractivity contribution in [2.75, 3.05) is 7.11 Å². The van der Waals surface area contributed by atoms with E-state index < -0.39 is 12.1 Å². The van der Waals surface area contributed by atoms with E-state index >= 15 is 0 Å². The number of esters is 1. The maximum Gasteiger partial charge on any atom is 0.412 e. The minimum absolute atomic E-state index is 0.0174. The standard InChI is InChI=1S/C20H21NO4/c1-14-9-10-17(11-15(14)2)12-18(19(22)24-3)21-20(23)25-13-16-7-5-4-6-8-16/h4-12H,13H2,1-3H3,(H,21,23)/b18-12-. The second-order valence-electron chi connectivity index (χ2n) is 5.58. The number of rotatable bonds is 5. The summed E-state index contributed by atoms with van der Waals surface area (Å²) in [5.41, 5.74) is 3.89. The van der Waals surface area contributed by atoms with Gasteiger partial charge in [0.15, 0.2) is 0 Å². The fraction of sp³-hybridized carbons (Fsp3) is 0.200. The normalized spacial score (nSPS) is 10.9. The van der Waals surface area contributed by atoms with Crippen molar-refractivity contribution in [3.8, 4) is 0 Å². The number of carbonyl (C=O) groups is 2. The summed E-state index contributed by atoms with van der Waals surface area (Å²) in [5.74, 6) is -0.644. The number of benzene rings is 2. The predicted octanol–water partition coefficient (Wildman–Crippen LogP) is 3.74. The Bertz CT molecular complexity index is 782. The Morgan fingerprint density at radius 3 is 2.40 bits per heavy atom. The van der Waals surface area contributed by atoms with Gasteiger partial charge in [0.1, 0.15) is 12.3 Å². The van der Waals surface area contributed by atoms with Gasteiger partial charge in [0.05, 0.1) is 7.11 Å². The lowest BCUT2D eigenvalue weighted by atomic mass is 10.1. The van der Waals surface area contributed by atoms with Crippen LogP contribution in [0.2, 0.25) is 0 Å². The van der Waals surface area contributed by atoms with Crippen molar-refractivity contribution in [3.05, 3.63) is 76.5 Å². The fourth-order valence-electron chi connectivity index (χ4n) is 2.15. The third-order valence-electron chi connectivity index (χ3n) is 3.70. The molecule has 5 heteroatoms. The fourth-order valence-corrected chi connectivity index (χ4v) is 2.15. The number of nitrogens with one attached hydrogen (secondary N) is 1. The molecule has 0 aromatic heterocycles. The summed E-state index contributed by atoms with van der Waals surface area (Å²) in [5, 5.41) is 2.45. The minimum Gasteiger partial charge on any atom is -0.464 e. The Kier molecular flexibility index (Phi) is 6.34. The molecular formula is C20H21NO4. The molecule has 130 valence electrons. The van der Waals surface area contributed by atoms with E-state index in [0.717, 1.165) is 22.3 Å². The first-order valence-corrected chi connectivity index (χ1v) is 7.84. The summed E-state index contributed by atoms with van der Waals surface area (Å²) < 4.78 is 9.86. The molecule has 0 saturated heterocycles. The van der Waals surface area contributed by atoms with Gasteiger partial charge in [-0.15, -0.1) is 0 Å². The summed E-state index contributed by atoms with van der Waals surface area (Å²) in [6, 6.07) is 15.0. The molecule has 2 aromatic rings. The van der Waals surface area contributed by atoms with Crippen LogP contribution in [0.5, 0.6) is 0 Å². The van der Waals surface area contributed by atoms with E-state index in [2.05, 4.69) is 5.32 Å². The van der Waals surface area contributed by atoms with E-state index in [1.807, 2.05) is 62.4 Å². The summed E-state index contributed by atoms with van der Waals surface area (Å²) in [6.45, 7) is 4.10. The SMILES string of the molecule is COC(=O)/C(=C/c1ccc(C)c(C)c1)NC(=O)OCc1ccccc1. The number of methoxy groups -OCH3 is 1. The zero-order valence-corrected chi connectivity index (χ0v) is 14.5. The summed E-state index contributed by atoms with van der Waals surface area (Å²) in [6.07, 6.45) is 0.839. The molecule has 0 aliphatic rings. The van der Waals surface area contributed by atoms with Gasteiger partial charge < -0.3 is 9.47 Å². The highest BCUT2D eigenvalue weighted by Gasteiger charge is 2.14. The first-order chi connectivity index (χ1) is 12.0. The van der Waals surface area contributed by atoms with Crippen molar-refractivity contribution in [1.82, 2.24) is 5.32 Å².